The second-order valence-electron chi connectivity index (χ2n) is 6.50. The van der Waals surface area contributed by atoms with Gasteiger partial charge < -0.3 is 5.32 Å². The molecule has 2 N–H and O–H groups in total. The van der Waals surface area contributed by atoms with Crippen molar-refractivity contribution in [2.24, 2.45) is 0 Å². The predicted molar refractivity (Wildman–Crippen MR) is 114 cm³/mol. The van der Waals surface area contributed by atoms with E-state index in [1.165, 1.54) is 37.3 Å². The highest BCUT2D eigenvalue weighted by Gasteiger charge is 2.23. The number of aryl methyl sites for hydroxylation is 1. The number of hydrogen-bond acceptors (Lipinski definition) is 6. The molecule has 0 unspecified atom stereocenters. The topological polar surface area (TPSA) is 142 Å². The average molecular weight is 436 g/mol. The molecular weight excluding hydrogens is 420 g/mol. The summed E-state index contributed by atoms with van der Waals surface area (Å²) in [4.78, 5) is 22.8. The number of nitro groups is 1. The minimum atomic E-state index is -4.22. The minimum Gasteiger partial charge on any atom is -0.322 e. The second kappa shape index (κ2) is 8.64. The lowest BCUT2D eigenvalue weighted by molar-refractivity contribution is -0.385. The molecule has 1 amide bonds. The lowest BCUT2D eigenvalue weighted by Gasteiger charge is -2.14. The van der Waals surface area contributed by atoms with Gasteiger partial charge in [0.2, 0.25) is 0 Å². The highest BCUT2D eigenvalue weighted by molar-refractivity contribution is 7.92. The van der Waals surface area contributed by atoms with Crippen LogP contribution in [0.15, 0.2) is 71.6 Å². The summed E-state index contributed by atoms with van der Waals surface area (Å²) in [6.45, 7) is 1.51. The van der Waals surface area contributed by atoms with E-state index in [1.807, 2.05) is 6.07 Å². The normalized spacial score (nSPS) is 10.7. The van der Waals surface area contributed by atoms with Gasteiger partial charge >= 0.3 is 0 Å². The molecule has 0 spiro atoms. The summed E-state index contributed by atoms with van der Waals surface area (Å²) in [5, 5.41) is 22.6. The van der Waals surface area contributed by atoms with Gasteiger partial charge in [0.05, 0.1) is 32.7 Å². The summed E-state index contributed by atoms with van der Waals surface area (Å²) in [5.74, 6) is -0.593. The number of nitrogens with zero attached hydrogens (tertiary/aromatic N) is 2. The van der Waals surface area contributed by atoms with Crippen LogP contribution in [0.1, 0.15) is 21.5 Å². The molecule has 0 aliphatic carbocycles. The van der Waals surface area contributed by atoms with Crippen molar-refractivity contribution in [1.82, 2.24) is 0 Å². The third-order valence-electron chi connectivity index (χ3n) is 4.34. The summed E-state index contributed by atoms with van der Waals surface area (Å²) >= 11 is 0. The first-order valence-corrected chi connectivity index (χ1v) is 10.4. The van der Waals surface area contributed by atoms with Gasteiger partial charge in [0.1, 0.15) is 0 Å². The average Bonchev–Trinajstić information content (AvgIpc) is 2.74. The van der Waals surface area contributed by atoms with Gasteiger partial charge in [-0.1, -0.05) is 24.3 Å². The van der Waals surface area contributed by atoms with Crippen molar-refractivity contribution in [2.75, 3.05) is 10.0 Å². The van der Waals surface area contributed by atoms with Gasteiger partial charge in [-0.15, -0.1) is 0 Å². The molecule has 0 aliphatic rings. The lowest BCUT2D eigenvalue weighted by Crippen LogP contribution is -2.19. The fourth-order valence-corrected chi connectivity index (χ4v) is 4.17. The smallest absolute Gasteiger partial charge is 0.270 e. The molecule has 0 saturated carbocycles. The van der Waals surface area contributed by atoms with Crippen LogP contribution in [0, 0.1) is 28.4 Å². The number of nitro benzene ring substituents is 1. The number of amides is 1. The van der Waals surface area contributed by atoms with E-state index in [2.05, 4.69) is 10.0 Å². The van der Waals surface area contributed by atoms with Crippen LogP contribution in [0.25, 0.3) is 0 Å². The summed E-state index contributed by atoms with van der Waals surface area (Å²) in [7, 11) is -4.22. The number of hydrogen-bond donors (Lipinski definition) is 2. The Hall–Kier alpha value is -4.23. The molecule has 0 saturated heterocycles. The van der Waals surface area contributed by atoms with Crippen LogP contribution in [-0.2, 0) is 10.0 Å². The van der Waals surface area contributed by atoms with Crippen molar-refractivity contribution >= 4 is 33.0 Å². The number of para-hydroxylation sites is 1. The molecule has 0 bridgehead atoms. The van der Waals surface area contributed by atoms with Crippen LogP contribution in [0.2, 0.25) is 0 Å². The zero-order valence-corrected chi connectivity index (χ0v) is 17.0. The molecule has 0 fully saturated rings. The number of non-ortho nitro benzene ring substituents is 1. The quantitative estimate of drug-likeness (QED) is 0.444. The third-order valence-corrected chi connectivity index (χ3v) is 5.85. The maximum atomic E-state index is 12.9. The molecule has 0 atom stereocenters. The SMILES string of the molecule is Cc1ccc([N+](=O)[O-])cc1S(=O)(=O)Nc1ccccc1C(=O)Nc1cccc(C#N)c1. The molecule has 0 aliphatic heterocycles. The Morgan fingerprint density at radius 1 is 1.06 bits per heavy atom. The summed E-state index contributed by atoms with van der Waals surface area (Å²) in [5.41, 5.74) is 0.714. The second-order valence-corrected chi connectivity index (χ2v) is 8.16. The van der Waals surface area contributed by atoms with Crippen molar-refractivity contribution in [3.63, 3.8) is 0 Å². The van der Waals surface area contributed by atoms with Crippen LogP contribution in [0.5, 0.6) is 0 Å². The number of carbonyl (C=O) groups is 1. The maximum Gasteiger partial charge on any atom is 0.270 e. The first kappa shape index (κ1) is 21.5. The molecule has 3 aromatic rings. The molecule has 10 heteroatoms. The zero-order chi connectivity index (χ0) is 22.6. The third kappa shape index (κ3) is 4.85. The first-order chi connectivity index (χ1) is 14.7. The molecule has 156 valence electrons. The molecule has 0 radical (unpaired) electrons. The van der Waals surface area contributed by atoms with Gasteiger partial charge in [-0.05, 0) is 42.8 Å². The minimum absolute atomic E-state index is 0.00217. The molecule has 31 heavy (non-hydrogen) atoms. The number of nitriles is 1. The Morgan fingerprint density at radius 2 is 1.81 bits per heavy atom. The Balaban J connectivity index is 1.93. The van der Waals surface area contributed by atoms with E-state index < -0.39 is 20.9 Å². The van der Waals surface area contributed by atoms with Crippen LogP contribution in [-0.4, -0.2) is 19.2 Å². The summed E-state index contributed by atoms with van der Waals surface area (Å²) < 4.78 is 28.2. The summed E-state index contributed by atoms with van der Waals surface area (Å²) in [6.07, 6.45) is 0. The van der Waals surface area contributed by atoms with E-state index >= 15 is 0 Å². The maximum absolute atomic E-state index is 12.9. The lowest BCUT2D eigenvalue weighted by atomic mass is 10.1. The number of anilines is 2. The Bertz CT molecular complexity index is 1330. The highest BCUT2D eigenvalue weighted by atomic mass is 32.2. The van der Waals surface area contributed by atoms with Crippen LogP contribution < -0.4 is 10.0 Å². The van der Waals surface area contributed by atoms with Crippen molar-refractivity contribution in [2.45, 2.75) is 11.8 Å². The number of benzene rings is 3. The largest absolute Gasteiger partial charge is 0.322 e. The molecular formula is C21H16N4O5S. The van der Waals surface area contributed by atoms with Crippen LogP contribution in [0.4, 0.5) is 17.1 Å². The Kier molecular flexibility index (Phi) is 5.99. The molecule has 0 heterocycles. The van der Waals surface area contributed by atoms with Gasteiger partial charge in [-0.2, -0.15) is 5.26 Å². The monoisotopic (exact) mass is 436 g/mol. The highest BCUT2D eigenvalue weighted by Crippen LogP contribution is 2.26. The van der Waals surface area contributed by atoms with Crippen molar-refractivity contribution in [3.05, 3.63) is 93.5 Å². The number of nitrogens with one attached hydrogen (secondary N) is 2. The molecule has 0 aromatic heterocycles. The van der Waals surface area contributed by atoms with Crippen LogP contribution >= 0.6 is 0 Å². The van der Waals surface area contributed by atoms with Crippen LogP contribution in [0.3, 0.4) is 0 Å². The number of carbonyl (C=O) groups excluding carboxylic acids is 1. The van der Waals surface area contributed by atoms with Gasteiger partial charge in [0.15, 0.2) is 0 Å². The molecule has 3 rings (SSSR count). The van der Waals surface area contributed by atoms with Gasteiger partial charge in [-0.3, -0.25) is 19.6 Å². The number of rotatable bonds is 6. The Morgan fingerprint density at radius 3 is 2.52 bits per heavy atom. The summed E-state index contributed by atoms with van der Waals surface area (Å²) in [6, 6.07) is 17.7. The van der Waals surface area contributed by atoms with E-state index in [-0.39, 0.29) is 21.8 Å². The van der Waals surface area contributed by atoms with Gasteiger partial charge in [-0.25, -0.2) is 8.42 Å². The van der Waals surface area contributed by atoms with E-state index in [1.54, 1.807) is 30.3 Å². The van der Waals surface area contributed by atoms with Gasteiger partial charge in [0, 0.05) is 17.8 Å². The van der Waals surface area contributed by atoms with E-state index in [0.29, 0.717) is 16.8 Å². The molecule has 9 nitrogen and oxygen atoms in total. The number of sulfonamides is 1. The van der Waals surface area contributed by atoms with Crippen molar-refractivity contribution in [1.29, 1.82) is 5.26 Å². The zero-order valence-electron chi connectivity index (χ0n) is 16.2. The van der Waals surface area contributed by atoms with Crippen molar-refractivity contribution in [3.8, 4) is 6.07 Å². The van der Waals surface area contributed by atoms with E-state index in [4.69, 9.17) is 5.26 Å². The van der Waals surface area contributed by atoms with Crippen molar-refractivity contribution < 1.29 is 18.1 Å². The predicted octanol–water partition coefficient (Wildman–Crippen LogP) is 3.83. The fraction of sp³-hybridized carbons (Fsp3) is 0.0476. The van der Waals surface area contributed by atoms with E-state index in [0.717, 1.165) is 6.07 Å². The Labute approximate surface area is 178 Å². The fourth-order valence-electron chi connectivity index (χ4n) is 2.83. The first-order valence-electron chi connectivity index (χ1n) is 8.89. The standard InChI is InChI=1S/C21H16N4O5S/c1-14-9-10-17(25(27)28)12-20(14)31(29,30)24-19-8-3-2-7-18(19)21(26)23-16-6-4-5-15(11-16)13-22/h2-12,24H,1H3,(H,23,26). The molecule has 3 aromatic carbocycles. The van der Waals surface area contributed by atoms with E-state index in [9.17, 15) is 23.3 Å². The van der Waals surface area contributed by atoms with Gasteiger partial charge in [0.25, 0.3) is 21.6 Å².